The number of hydrogen-bond donors (Lipinski definition) is 1. The molecule has 6 nitrogen and oxygen atoms in total. The highest BCUT2D eigenvalue weighted by molar-refractivity contribution is 5.91. The van der Waals surface area contributed by atoms with Gasteiger partial charge in [-0.1, -0.05) is 18.2 Å². The fraction of sp³-hybridized carbons (Fsp3) is 0.130. The second-order valence-corrected chi connectivity index (χ2v) is 6.13. The van der Waals surface area contributed by atoms with E-state index in [1.165, 1.54) is 6.92 Å². The summed E-state index contributed by atoms with van der Waals surface area (Å²) in [6.07, 6.45) is 0. The number of rotatable bonds is 8. The van der Waals surface area contributed by atoms with E-state index < -0.39 is 5.97 Å². The third kappa shape index (κ3) is 6.39. The van der Waals surface area contributed by atoms with Crippen molar-refractivity contribution in [2.75, 3.05) is 18.5 Å². The maximum atomic E-state index is 12.3. The van der Waals surface area contributed by atoms with E-state index >= 15 is 0 Å². The second-order valence-electron chi connectivity index (χ2n) is 6.13. The fourth-order valence-electron chi connectivity index (χ4n) is 2.50. The molecular weight excluding hydrogens is 370 g/mol. The first-order chi connectivity index (χ1) is 14.1. The molecule has 0 spiro atoms. The average Bonchev–Trinajstić information content (AvgIpc) is 2.73. The van der Waals surface area contributed by atoms with E-state index in [4.69, 9.17) is 14.2 Å². The molecule has 29 heavy (non-hydrogen) atoms. The lowest BCUT2D eigenvalue weighted by molar-refractivity contribution is -0.114. The van der Waals surface area contributed by atoms with Crippen LogP contribution in [0.25, 0.3) is 0 Å². The Morgan fingerprint density at radius 3 is 1.86 bits per heavy atom. The molecule has 0 aliphatic carbocycles. The summed E-state index contributed by atoms with van der Waals surface area (Å²) in [6.45, 7) is 2.24. The monoisotopic (exact) mass is 391 g/mol. The topological polar surface area (TPSA) is 73.9 Å². The Morgan fingerprint density at radius 1 is 0.724 bits per heavy atom. The summed E-state index contributed by atoms with van der Waals surface area (Å²) in [5.41, 5.74) is 1.04. The molecule has 0 saturated carbocycles. The Hall–Kier alpha value is -3.80. The number of carbonyl (C=O) groups excluding carboxylic acids is 2. The maximum absolute atomic E-state index is 12.3. The summed E-state index contributed by atoms with van der Waals surface area (Å²) >= 11 is 0. The molecule has 0 fully saturated rings. The normalized spacial score (nSPS) is 10.1. The van der Waals surface area contributed by atoms with Gasteiger partial charge in [-0.25, -0.2) is 4.79 Å². The average molecular weight is 391 g/mol. The van der Waals surface area contributed by atoms with Crippen molar-refractivity contribution in [1.29, 1.82) is 0 Å². The standard InChI is InChI=1S/C23H21NO5/c1-17(25)24-19-9-13-22(14-10-19)29-23(26)18-7-11-21(12-8-18)28-16-15-27-20-5-3-2-4-6-20/h2-14H,15-16H2,1H3,(H,24,25). The summed E-state index contributed by atoms with van der Waals surface area (Å²) in [6, 6.07) is 22.8. The Bertz CT molecular complexity index is 937. The third-order valence-corrected chi connectivity index (χ3v) is 3.84. The van der Waals surface area contributed by atoms with E-state index in [-0.39, 0.29) is 5.91 Å². The summed E-state index contributed by atoms with van der Waals surface area (Å²) in [7, 11) is 0. The largest absolute Gasteiger partial charge is 0.490 e. The lowest BCUT2D eigenvalue weighted by Crippen LogP contribution is -2.10. The van der Waals surface area contributed by atoms with Crippen LogP contribution >= 0.6 is 0 Å². The van der Waals surface area contributed by atoms with Crippen molar-refractivity contribution in [1.82, 2.24) is 0 Å². The van der Waals surface area contributed by atoms with Crippen LogP contribution in [0.15, 0.2) is 78.9 Å². The number of benzene rings is 3. The van der Waals surface area contributed by atoms with E-state index in [1.54, 1.807) is 48.5 Å². The highest BCUT2D eigenvalue weighted by Gasteiger charge is 2.09. The van der Waals surface area contributed by atoms with Gasteiger partial charge < -0.3 is 19.5 Å². The zero-order valence-corrected chi connectivity index (χ0v) is 16.0. The molecule has 0 aliphatic heterocycles. The molecule has 6 heteroatoms. The Labute approximate surface area is 169 Å². The first kappa shape index (κ1) is 19.9. The van der Waals surface area contributed by atoms with Crippen LogP contribution in [0, 0.1) is 0 Å². The fourth-order valence-corrected chi connectivity index (χ4v) is 2.50. The molecular formula is C23H21NO5. The smallest absolute Gasteiger partial charge is 0.343 e. The minimum Gasteiger partial charge on any atom is -0.490 e. The van der Waals surface area contributed by atoms with Gasteiger partial charge in [0.05, 0.1) is 5.56 Å². The molecule has 0 bridgehead atoms. The van der Waals surface area contributed by atoms with Crippen molar-refractivity contribution in [2.45, 2.75) is 6.92 Å². The van der Waals surface area contributed by atoms with Crippen LogP contribution in [0.1, 0.15) is 17.3 Å². The summed E-state index contributed by atoms with van der Waals surface area (Å²) in [4.78, 5) is 23.3. The van der Waals surface area contributed by atoms with Gasteiger partial charge in [0.2, 0.25) is 5.91 Å². The molecule has 3 aromatic rings. The van der Waals surface area contributed by atoms with Gasteiger partial charge in [-0.2, -0.15) is 0 Å². The third-order valence-electron chi connectivity index (χ3n) is 3.84. The Balaban J connectivity index is 1.46. The summed E-state index contributed by atoms with van der Waals surface area (Å²) in [5, 5.41) is 2.65. The minimum absolute atomic E-state index is 0.163. The van der Waals surface area contributed by atoms with E-state index in [2.05, 4.69) is 5.32 Å². The molecule has 1 amide bonds. The van der Waals surface area contributed by atoms with Crippen LogP contribution in [0.5, 0.6) is 17.2 Å². The molecule has 0 aliphatic rings. The molecule has 0 unspecified atom stereocenters. The highest BCUT2D eigenvalue weighted by Crippen LogP contribution is 2.18. The maximum Gasteiger partial charge on any atom is 0.343 e. The number of hydrogen-bond acceptors (Lipinski definition) is 5. The van der Waals surface area contributed by atoms with Crippen LogP contribution in [-0.2, 0) is 4.79 Å². The molecule has 1 N–H and O–H groups in total. The zero-order valence-electron chi connectivity index (χ0n) is 16.0. The molecule has 3 aromatic carbocycles. The predicted octanol–water partition coefficient (Wildman–Crippen LogP) is 4.32. The molecule has 0 atom stereocenters. The van der Waals surface area contributed by atoms with Crippen LogP contribution in [0.2, 0.25) is 0 Å². The van der Waals surface area contributed by atoms with Gasteiger partial charge in [-0.15, -0.1) is 0 Å². The number of nitrogens with one attached hydrogen (secondary N) is 1. The number of amides is 1. The molecule has 0 heterocycles. The van der Waals surface area contributed by atoms with Gasteiger partial charge in [0.15, 0.2) is 0 Å². The van der Waals surface area contributed by atoms with E-state index in [1.807, 2.05) is 30.3 Å². The van der Waals surface area contributed by atoms with Crippen molar-refractivity contribution in [3.8, 4) is 17.2 Å². The molecule has 0 aromatic heterocycles. The van der Waals surface area contributed by atoms with Gasteiger partial charge in [-0.05, 0) is 60.7 Å². The summed E-state index contributed by atoms with van der Waals surface area (Å²) in [5.74, 6) is 1.18. The van der Waals surface area contributed by atoms with Gasteiger partial charge in [-0.3, -0.25) is 4.79 Å². The van der Waals surface area contributed by atoms with E-state index in [0.29, 0.717) is 36.0 Å². The summed E-state index contributed by atoms with van der Waals surface area (Å²) < 4.78 is 16.5. The van der Waals surface area contributed by atoms with Crippen molar-refractivity contribution in [3.63, 3.8) is 0 Å². The number of esters is 1. The van der Waals surface area contributed by atoms with Crippen molar-refractivity contribution in [3.05, 3.63) is 84.4 Å². The van der Waals surface area contributed by atoms with E-state index in [0.717, 1.165) is 5.75 Å². The lowest BCUT2D eigenvalue weighted by Gasteiger charge is -2.09. The van der Waals surface area contributed by atoms with Crippen LogP contribution in [0.4, 0.5) is 5.69 Å². The first-order valence-electron chi connectivity index (χ1n) is 9.11. The molecule has 0 radical (unpaired) electrons. The van der Waals surface area contributed by atoms with Gasteiger partial charge in [0.1, 0.15) is 30.5 Å². The highest BCUT2D eigenvalue weighted by atomic mass is 16.5. The molecule has 148 valence electrons. The lowest BCUT2D eigenvalue weighted by atomic mass is 10.2. The molecule has 3 rings (SSSR count). The van der Waals surface area contributed by atoms with Crippen LogP contribution in [0.3, 0.4) is 0 Å². The minimum atomic E-state index is -0.476. The number of carbonyl (C=O) groups is 2. The van der Waals surface area contributed by atoms with Crippen LogP contribution in [-0.4, -0.2) is 25.1 Å². The quantitative estimate of drug-likeness (QED) is 0.352. The SMILES string of the molecule is CC(=O)Nc1ccc(OC(=O)c2ccc(OCCOc3ccccc3)cc2)cc1. The Kier molecular flexibility index (Phi) is 6.84. The van der Waals surface area contributed by atoms with Crippen LogP contribution < -0.4 is 19.5 Å². The van der Waals surface area contributed by atoms with Crippen molar-refractivity contribution in [2.24, 2.45) is 0 Å². The van der Waals surface area contributed by atoms with Gasteiger partial charge in [0, 0.05) is 12.6 Å². The second kappa shape index (κ2) is 9.94. The molecule has 0 saturated heterocycles. The van der Waals surface area contributed by atoms with Gasteiger partial charge in [0.25, 0.3) is 0 Å². The zero-order chi connectivity index (χ0) is 20.5. The number of para-hydroxylation sites is 1. The first-order valence-corrected chi connectivity index (χ1v) is 9.11. The predicted molar refractivity (Wildman–Crippen MR) is 110 cm³/mol. The van der Waals surface area contributed by atoms with Crippen molar-refractivity contribution < 1.29 is 23.8 Å². The van der Waals surface area contributed by atoms with Gasteiger partial charge >= 0.3 is 5.97 Å². The number of ether oxygens (including phenoxy) is 3. The van der Waals surface area contributed by atoms with Crippen molar-refractivity contribution >= 4 is 17.6 Å². The number of anilines is 1. The van der Waals surface area contributed by atoms with E-state index in [9.17, 15) is 9.59 Å². The Morgan fingerprint density at radius 2 is 1.28 bits per heavy atom.